The number of nitrogens with zero attached hydrogens (tertiary/aromatic N) is 1. The van der Waals surface area contributed by atoms with Crippen molar-refractivity contribution in [1.29, 1.82) is 0 Å². The van der Waals surface area contributed by atoms with Gasteiger partial charge in [-0.25, -0.2) is 5.06 Å². The van der Waals surface area contributed by atoms with Gasteiger partial charge in [0.1, 0.15) is 0 Å². The third-order valence-corrected chi connectivity index (χ3v) is 1.46. The number of hydrogen-bond acceptors (Lipinski definition) is 3. The van der Waals surface area contributed by atoms with Crippen LogP contribution >= 0.6 is 0 Å². The van der Waals surface area contributed by atoms with Crippen molar-refractivity contribution >= 4 is 5.91 Å². The van der Waals surface area contributed by atoms with Gasteiger partial charge >= 0.3 is 0 Å². The van der Waals surface area contributed by atoms with E-state index in [1.54, 1.807) is 0 Å². The molecule has 1 heterocycles. The lowest BCUT2D eigenvalue weighted by Crippen LogP contribution is -2.46. The fourth-order valence-electron chi connectivity index (χ4n) is 0.886. The second kappa shape index (κ2) is 2.33. The fraction of sp³-hybridized carbons (Fsp3) is 0.800. The standard InChI is InChI=1S/C5H10N2O2/c6-4-2-1-3-7(9)5(4)8/h4,9H,1-3,6H2/t4-/m0/s1. The Morgan fingerprint density at radius 2 is 2.44 bits per heavy atom. The maximum absolute atomic E-state index is 10.7. The molecule has 0 saturated carbocycles. The van der Waals surface area contributed by atoms with Crippen LogP contribution in [0.15, 0.2) is 0 Å². The summed E-state index contributed by atoms with van der Waals surface area (Å²) in [6.45, 7) is 0.423. The van der Waals surface area contributed by atoms with Gasteiger partial charge in [0.25, 0.3) is 5.91 Å². The number of piperidine rings is 1. The van der Waals surface area contributed by atoms with E-state index in [-0.39, 0.29) is 5.91 Å². The van der Waals surface area contributed by atoms with E-state index < -0.39 is 6.04 Å². The van der Waals surface area contributed by atoms with E-state index in [9.17, 15) is 4.79 Å². The first-order chi connectivity index (χ1) is 4.22. The SMILES string of the molecule is N[C@H]1CCCN(O)C1=O. The highest BCUT2D eigenvalue weighted by molar-refractivity contribution is 5.81. The van der Waals surface area contributed by atoms with Crippen molar-refractivity contribution in [3.63, 3.8) is 0 Å². The maximum Gasteiger partial charge on any atom is 0.262 e. The van der Waals surface area contributed by atoms with Gasteiger partial charge in [0.15, 0.2) is 0 Å². The number of hydrogen-bond donors (Lipinski definition) is 2. The third-order valence-electron chi connectivity index (χ3n) is 1.46. The normalized spacial score (nSPS) is 28.9. The van der Waals surface area contributed by atoms with Gasteiger partial charge in [0, 0.05) is 6.54 Å². The summed E-state index contributed by atoms with van der Waals surface area (Å²) in [5, 5.41) is 9.44. The lowest BCUT2D eigenvalue weighted by Gasteiger charge is -2.24. The van der Waals surface area contributed by atoms with Crippen LogP contribution in [0.1, 0.15) is 12.8 Å². The Balaban J connectivity index is 2.52. The highest BCUT2D eigenvalue weighted by Gasteiger charge is 2.23. The van der Waals surface area contributed by atoms with Gasteiger partial charge < -0.3 is 5.73 Å². The number of carbonyl (C=O) groups excluding carboxylic acids is 1. The molecule has 1 fully saturated rings. The van der Waals surface area contributed by atoms with Crippen molar-refractivity contribution < 1.29 is 10.0 Å². The van der Waals surface area contributed by atoms with E-state index in [0.717, 1.165) is 6.42 Å². The molecule has 0 aliphatic carbocycles. The molecule has 9 heavy (non-hydrogen) atoms. The topological polar surface area (TPSA) is 66.6 Å². The Labute approximate surface area is 53.2 Å². The van der Waals surface area contributed by atoms with Crippen molar-refractivity contribution in [3.05, 3.63) is 0 Å². The van der Waals surface area contributed by atoms with Crippen molar-refractivity contribution in [2.45, 2.75) is 18.9 Å². The summed E-state index contributed by atoms with van der Waals surface area (Å²) in [5.41, 5.74) is 5.32. The van der Waals surface area contributed by atoms with Crippen LogP contribution < -0.4 is 5.73 Å². The fourth-order valence-corrected chi connectivity index (χ4v) is 0.886. The van der Waals surface area contributed by atoms with Crippen LogP contribution in [0.5, 0.6) is 0 Å². The molecule has 0 aromatic rings. The molecule has 1 aliphatic rings. The van der Waals surface area contributed by atoms with E-state index in [4.69, 9.17) is 10.9 Å². The Bertz CT molecular complexity index is 114. The zero-order valence-corrected chi connectivity index (χ0v) is 5.08. The predicted octanol–water partition coefficient (Wildman–Crippen LogP) is -0.675. The Morgan fingerprint density at radius 3 is 2.89 bits per heavy atom. The molecule has 1 aliphatic heterocycles. The smallest absolute Gasteiger partial charge is 0.262 e. The molecule has 0 radical (unpaired) electrons. The van der Waals surface area contributed by atoms with Gasteiger partial charge in [0.2, 0.25) is 0 Å². The summed E-state index contributed by atoms with van der Waals surface area (Å²) in [7, 11) is 0. The molecule has 52 valence electrons. The van der Waals surface area contributed by atoms with Crippen molar-refractivity contribution in [2.75, 3.05) is 6.54 Å². The first kappa shape index (κ1) is 6.51. The average Bonchev–Trinajstić information content (AvgIpc) is 1.83. The number of hydroxylamine groups is 2. The first-order valence-electron chi connectivity index (χ1n) is 2.97. The summed E-state index contributed by atoms with van der Waals surface area (Å²) in [6.07, 6.45) is 1.49. The van der Waals surface area contributed by atoms with Crippen LogP contribution in [-0.2, 0) is 4.79 Å². The number of amides is 1. The number of carbonyl (C=O) groups is 1. The first-order valence-corrected chi connectivity index (χ1v) is 2.97. The molecule has 4 nitrogen and oxygen atoms in total. The molecule has 1 atom stereocenters. The van der Waals surface area contributed by atoms with Crippen molar-refractivity contribution in [2.24, 2.45) is 5.73 Å². The monoisotopic (exact) mass is 130 g/mol. The highest BCUT2D eigenvalue weighted by atomic mass is 16.5. The van der Waals surface area contributed by atoms with Gasteiger partial charge in [-0.3, -0.25) is 10.0 Å². The van der Waals surface area contributed by atoms with E-state index in [0.29, 0.717) is 18.0 Å². The molecule has 0 spiro atoms. The van der Waals surface area contributed by atoms with Crippen LogP contribution in [0, 0.1) is 0 Å². The largest absolute Gasteiger partial charge is 0.320 e. The van der Waals surface area contributed by atoms with E-state index >= 15 is 0 Å². The molecule has 0 unspecified atom stereocenters. The zero-order chi connectivity index (χ0) is 6.85. The van der Waals surface area contributed by atoms with Crippen LogP contribution in [0.4, 0.5) is 0 Å². The number of rotatable bonds is 0. The summed E-state index contributed by atoms with van der Waals surface area (Å²) in [4.78, 5) is 10.7. The van der Waals surface area contributed by atoms with Gasteiger partial charge in [-0.2, -0.15) is 0 Å². The highest BCUT2D eigenvalue weighted by Crippen LogP contribution is 2.06. The third kappa shape index (κ3) is 1.20. The van der Waals surface area contributed by atoms with Crippen LogP contribution in [0.3, 0.4) is 0 Å². The average molecular weight is 130 g/mol. The van der Waals surface area contributed by atoms with Crippen LogP contribution in [0.25, 0.3) is 0 Å². The molecule has 4 heteroatoms. The lowest BCUT2D eigenvalue weighted by atomic mass is 10.1. The summed E-state index contributed by atoms with van der Waals surface area (Å²) in [5.74, 6) is -0.360. The van der Waals surface area contributed by atoms with Crippen LogP contribution in [-0.4, -0.2) is 28.8 Å². The molecule has 3 N–H and O–H groups in total. The van der Waals surface area contributed by atoms with Crippen molar-refractivity contribution in [3.8, 4) is 0 Å². The van der Waals surface area contributed by atoms with E-state index in [1.807, 2.05) is 0 Å². The minimum atomic E-state index is -0.483. The molecular weight excluding hydrogens is 120 g/mol. The van der Waals surface area contributed by atoms with Crippen molar-refractivity contribution in [1.82, 2.24) is 5.06 Å². The Kier molecular flexibility index (Phi) is 1.68. The molecule has 0 bridgehead atoms. The van der Waals surface area contributed by atoms with Gasteiger partial charge in [-0.1, -0.05) is 0 Å². The minimum absolute atomic E-state index is 0.360. The zero-order valence-electron chi connectivity index (χ0n) is 5.08. The molecular formula is C5H10N2O2. The second-order valence-corrected chi connectivity index (χ2v) is 2.21. The molecule has 0 aromatic heterocycles. The molecule has 0 aromatic carbocycles. The quantitative estimate of drug-likeness (QED) is 0.427. The van der Waals surface area contributed by atoms with Gasteiger partial charge in [-0.15, -0.1) is 0 Å². The summed E-state index contributed by atoms with van der Waals surface area (Å²) in [6, 6.07) is -0.483. The number of nitrogens with two attached hydrogens (primary N) is 1. The summed E-state index contributed by atoms with van der Waals surface area (Å²) >= 11 is 0. The molecule has 1 rings (SSSR count). The van der Waals surface area contributed by atoms with E-state index in [1.165, 1.54) is 0 Å². The molecule has 1 saturated heterocycles. The van der Waals surface area contributed by atoms with Crippen LogP contribution in [0.2, 0.25) is 0 Å². The lowest BCUT2D eigenvalue weighted by molar-refractivity contribution is -0.171. The van der Waals surface area contributed by atoms with Gasteiger partial charge in [-0.05, 0) is 12.8 Å². The predicted molar refractivity (Wildman–Crippen MR) is 30.7 cm³/mol. The second-order valence-electron chi connectivity index (χ2n) is 2.21. The summed E-state index contributed by atoms with van der Waals surface area (Å²) < 4.78 is 0. The Hall–Kier alpha value is -0.610. The minimum Gasteiger partial charge on any atom is -0.320 e. The molecule has 1 amide bonds. The maximum atomic E-state index is 10.7. The Morgan fingerprint density at radius 1 is 1.78 bits per heavy atom. The van der Waals surface area contributed by atoms with E-state index in [2.05, 4.69) is 0 Å². The van der Waals surface area contributed by atoms with Gasteiger partial charge in [0.05, 0.1) is 6.04 Å².